The maximum atomic E-state index is 4.49. The van der Waals surface area contributed by atoms with Crippen LogP contribution in [0, 0.1) is 13.8 Å². The lowest BCUT2D eigenvalue weighted by molar-refractivity contribution is 0.0173. The summed E-state index contributed by atoms with van der Waals surface area (Å²) in [4.78, 5) is 9.73. The zero-order valence-electron chi connectivity index (χ0n) is 18.8. The van der Waals surface area contributed by atoms with E-state index < -0.39 is 0 Å². The highest BCUT2D eigenvalue weighted by molar-refractivity contribution is 14.0. The first-order chi connectivity index (χ1) is 13.5. The highest BCUT2D eigenvalue weighted by atomic mass is 127. The van der Waals surface area contributed by atoms with E-state index in [1.54, 1.807) is 0 Å². The van der Waals surface area contributed by atoms with Crippen LogP contribution in [-0.4, -0.2) is 68.1 Å². The molecule has 5 nitrogen and oxygen atoms in total. The second-order valence-electron chi connectivity index (χ2n) is 8.78. The van der Waals surface area contributed by atoms with Crippen LogP contribution >= 0.6 is 24.0 Å². The lowest BCUT2D eigenvalue weighted by atomic mass is 9.84. The smallest absolute Gasteiger partial charge is 0.191 e. The van der Waals surface area contributed by atoms with Gasteiger partial charge in [-0.15, -0.1) is 24.0 Å². The molecule has 0 atom stereocenters. The minimum Gasteiger partial charge on any atom is -0.355 e. The molecule has 0 bridgehead atoms. The minimum atomic E-state index is 0. The predicted molar refractivity (Wildman–Crippen MR) is 134 cm³/mol. The maximum Gasteiger partial charge on any atom is 0.191 e. The molecule has 2 aliphatic heterocycles. The van der Waals surface area contributed by atoms with Gasteiger partial charge in [0.25, 0.3) is 0 Å². The fourth-order valence-electron chi connectivity index (χ4n) is 4.70. The minimum absolute atomic E-state index is 0. The normalized spacial score (nSPS) is 20.8. The third kappa shape index (κ3) is 6.56. The monoisotopic (exact) mass is 513 g/mol. The Bertz CT molecular complexity index is 661. The molecule has 0 unspecified atom stereocenters. The summed E-state index contributed by atoms with van der Waals surface area (Å²) in [6, 6.07) is 6.65. The average molecular weight is 514 g/mol. The van der Waals surface area contributed by atoms with Gasteiger partial charge < -0.3 is 15.5 Å². The summed E-state index contributed by atoms with van der Waals surface area (Å²) in [5.41, 5.74) is 4.25. The molecule has 0 saturated carbocycles. The lowest BCUT2D eigenvalue weighted by Crippen LogP contribution is -2.62. The Morgan fingerprint density at radius 2 is 1.72 bits per heavy atom. The van der Waals surface area contributed by atoms with Gasteiger partial charge in [-0.25, -0.2) is 0 Å². The number of nitrogens with one attached hydrogen (secondary N) is 2. The molecule has 2 fully saturated rings. The predicted octanol–water partition coefficient (Wildman–Crippen LogP) is 3.54. The molecule has 0 radical (unpaired) electrons. The summed E-state index contributed by atoms with van der Waals surface area (Å²) in [6.07, 6.45) is 6.56. The number of benzene rings is 1. The number of likely N-dealkylation sites (tertiary alicyclic amines) is 2. The first-order valence-electron chi connectivity index (χ1n) is 11.0. The van der Waals surface area contributed by atoms with Gasteiger partial charge in [0.05, 0.1) is 0 Å². The number of aryl methyl sites for hydroxylation is 2. The van der Waals surface area contributed by atoms with Crippen molar-refractivity contribution in [2.24, 2.45) is 4.99 Å². The van der Waals surface area contributed by atoms with Crippen LogP contribution in [0.1, 0.15) is 48.8 Å². The molecule has 0 aliphatic carbocycles. The van der Waals surface area contributed by atoms with E-state index in [-0.39, 0.29) is 29.5 Å². The van der Waals surface area contributed by atoms with E-state index in [0.29, 0.717) is 0 Å². The number of piperidine rings is 2. The Kier molecular flexibility index (Phi) is 9.69. The van der Waals surface area contributed by atoms with Crippen molar-refractivity contribution in [1.29, 1.82) is 0 Å². The van der Waals surface area contributed by atoms with Crippen LogP contribution in [0.4, 0.5) is 0 Å². The van der Waals surface area contributed by atoms with Crippen molar-refractivity contribution >= 4 is 29.9 Å². The number of guanidine groups is 1. The van der Waals surface area contributed by atoms with Crippen molar-refractivity contribution in [1.82, 2.24) is 20.4 Å². The number of aliphatic imine (C=N–C) groups is 1. The van der Waals surface area contributed by atoms with Crippen molar-refractivity contribution in [2.45, 2.75) is 58.0 Å². The Hall–Kier alpha value is -0.860. The van der Waals surface area contributed by atoms with E-state index in [4.69, 9.17) is 0 Å². The number of hydrogen-bond donors (Lipinski definition) is 2. The zero-order chi connectivity index (χ0) is 20.0. The molecule has 2 N–H and O–H groups in total. The van der Waals surface area contributed by atoms with Crippen LogP contribution in [-0.2, 0) is 6.54 Å². The third-order valence-electron chi connectivity index (χ3n) is 6.70. The van der Waals surface area contributed by atoms with Crippen molar-refractivity contribution in [3.05, 3.63) is 34.9 Å². The molecule has 3 rings (SSSR count). The summed E-state index contributed by atoms with van der Waals surface area (Å²) < 4.78 is 0. The second kappa shape index (κ2) is 11.5. The molecule has 0 amide bonds. The van der Waals surface area contributed by atoms with Gasteiger partial charge in [-0.2, -0.15) is 0 Å². The first kappa shape index (κ1) is 24.4. The van der Waals surface area contributed by atoms with E-state index in [1.807, 2.05) is 7.05 Å². The molecule has 29 heavy (non-hydrogen) atoms. The maximum absolute atomic E-state index is 4.49. The summed E-state index contributed by atoms with van der Waals surface area (Å²) in [5, 5.41) is 7.20. The average Bonchev–Trinajstić information content (AvgIpc) is 2.71. The van der Waals surface area contributed by atoms with Gasteiger partial charge in [0.2, 0.25) is 0 Å². The fraction of sp³-hybridized carbons (Fsp3) is 0.696. The van der Waals surface area contributed by atoms with E-state index in [2.05, 4.69) is 64.5 Å². The highest BCUT2D eigenvalue weighted by Gasteiger charge is 2.39. The molecule has 1 aromatic carbocycles. The number of halogens is 1. The SMILES string of the molecule is CN=C(NCc1ccc(C)cc1C)NCC1(N2CCCCC2)CCN(C)CC1.I. The first-order valence-corrected chi connectivity index (χ1v) is 11.0. The van der Waals surface area contributed by atoms with Crippen LogP contribution in [0.25, 0.3) is 0 Å². The molecule has 164 valence electrons. The van der Waals surface area contributed by atoms with Gasteiger partial charge in [-0.1, -0.05) is 30.2 Å². The lowest BCUT2D eigenvalue weighted by Gasteiger charge is -2.50. The Labute approximate surface area is 194 Å². The van der Waals surface area contributed by atoms with Gasteiger partial charge in [0.1, 0.15) is 0 Å². The molecule has 2 aliphatic rings. The van der Waals surface area contributed by atoms with Gasteiger partial charge in [-0.05, 0) is 83.9 Å². The van der Waals surface area contributed by atoms with Crippen LogP contribution < -0.4 is 10.6 Å². The largest absolute Gasteiger partial charge is 0.355 e. The van der Waals surface area contributed by atoms with Gasteiger partial charge in [0.15, 0.2) is 5.96 Å². The Balaban J connectivity index is 0.00000300. The van der Waals surface area contributed by atoms with Gasteiger partial charge in [0, 0.05) is 25.7 Å². The molecular formula is C23H40IN5. The van der Waals surface area contributed by atoms with E-state index in [0.717, 1.165) is 19.0 Å². The number of nitrogens with zero attached hydrogens (tertiary/aromatic N) is 3. The van der Waals surface area contributed by atoms with Crippen molar-refractivity contribution in [2.75, 3.05) is 46.8 Å². The van der Waals surface area contributed by atoms with Crippen molar-refractivity contribution < 1.29 is 0 Å². The number of rotatable bonds is 5. The quantitative estimate of drug-likeness (QED) is 0.359. The fourth-order valence-corrected chi connectivity index (χ4v) is 4.70. The van der Waals surface area contributed by atoms with Crippen LogP contribution in [0.15, 0.2) is 23.2 Å². The summed E-state index contributed by atoms with van der Waals surface area (Å²) >= 11 is 0. The molecule has 2 heterocycles. The molecule has 2 saturated heterocycles. The third-order valence-corrected chi connectivity index (χ3v) is 6.70. The molecule has 0 spiro atoms. The zero-order valence-corrected chi connectivity index (χ0v) is 21.1. The van der Waals surface area contributed by atoms with Crippen molar-refractivity contribution in [3.8, 4) is 0 Å². The molecule has 6 heteroatoms. The summed E-state index contributed by atoms with van der Waals surface area (Å²) in [7, 11) is 4.12. The van der Waals surface area contributed by atoms with Gasteiger partial charge >= 0.3 is 0 Å². The summed E-state index contributed by atoms with van der Waals surface area (Å²) in [6.45, 7) is 11.0. The van der Waals surface area contributed by atoms with Crippen LogP contribution in [0.5, 0.6) is 0 Å². The Morgan fingerprint density at radius 1 is 1.03 bits per heavy atom. The van der Waals surface area contributed by atoms with Crippen molar-refractivity contribution in [3.63, 3.8) is 0 Å². The highest BCUT2D eigenvalue weighted by Crippen LogP contribution is 2.30. The molecule has 1 aromatic rings. The Morgan fingerprint density at radius 3 is 2.34 bits per heavy atom. The van der Waals surface area contributed by atoms with E-state index in [9.17, 15) is 0 Å². The molecular weight excluding hydrogens is 473 g/mol. The van der Waals surface area contributed by atoms with Crippen LogP contribution in [0.2, 0.25) is 0 Å². The van der Waals surface area contributed by atoms with Gasteiger partial charge in [-0.3, -0.25) is 9.89 Å². The second-order valence-corrected chi connectivity index (χ2v) is 8.78. The molecule has 0 aromatic heterocycles. The topological polar surface area (TPSA) is 42.9 Å². The number of hydrogen-bond acceptors (Lipinski definition) is 3. The summed E-state index contributed by atoms with van der Waals surface area (Å²) in [5.74, 6) is 0.912. The standard InChI is InChI=1S/C23H39N5.HI/c1-19-8-9-21(20(2)16-19)17-25-22(24-3)26-18-23(10-14-27(4)15-11-23)28-12-6-5-7-13-28;/h8-9,16H,5-7,10-15,17-18H2,1-4H3,(H2,24,25,26);1H. The van der Waals surface area contributed by atoms with Crippen LogP contribution in [0.3, 0.4) is 0 Å². The van der Waals surface area contributed by atoms with E-state index in [1.165, 1.54) is 75.0 Å². The van der Waals surface area contributed by atoms with E-state index >= 15 is 0 Å².